The zero-order valence-corrected chi connectivity index (χ0v) is 18.0. The fourth-order valence-corrected chi connectivity index (χ4v) is 4.36. The molecule has 150 valence electrons. The second-order valence-corrected chi connectivity index (χ2v) is 13.3. The average molecular weight is 393 g/mol. The van der Waals surface area contributed by atoms with Crippen molar-refractivity contribution in [2.24, 2.45) is 0 Å². The molecule has 3 atom stereocenters. The van der Waals surface area contributed by atoms with Crippen LogP contribution in [0.25, 0.3) is 0 Å². The summed E-state index contributed by atoms with van der Waals surface area (Å²) in [5.41, 5.74) is 0.678. The summed E-state index contributed by atoms with van der Waals surface area (Å²) >= 11 is 0. The summed E-state index contributed by atoms with van der Waals surface area (Å²) in [7, 11) is -1.99. The Hall–Kier alpha value is -1.70. The van der Waals surface area contributed by atoms with Crippen LogP contribution in [0.3, 0.4) is 0 Å². The third-order valence-electron chi connectivity index (χ3n) is 5.52. The summed E-state index contributed by atoms with van der Waals surface area (Å²) in [5.74, 6) is 0. The highest BCUT2D eigenvalue weighted by Crippen LogP contribution is 2.40. The minimum Gasteiger partial charge on any atom is -0.445 e. The van der Waals surface area contributed by atoms with E-state index in [9.17, 15) is 9.90 Å². The molecular weight excluding hydrogens is 360 g/mol. The van der Waals surface area contributed by atoms with E-state index in [0.717, 1.165) is 0 Å². The number of aromatic nitrogens is 1. The Morgan fingerprint density at radius 1 is 1.52 bits per heavy atom. The molecule has 0 bridgehead atoms. The highest BCUT2D eigenvalue weighted by Gasteiger charge is 2.46. The molecule has 0 radical (unpaired) electrons. The van der Waals surface area contributed by atoms with E-state index in [4.69, 9.17) is 9.16 Å². The molecule has 1 amide bonds. The Bertz CT molecular complexity index is 645. The number of hydrogen-bond acceptors (Lipinski definition) is 5. The van der Waals surface area contributed by atoms with Crippen molar-refractivity contribution in [3.8, 4) is 0 Å². The van der Waals surface area contributed by atoms with Gasteiger partial charge >= 0.3 is 6.09 Å². The molecule has 2 rings (SSSR count). The molecule has 1 aromatic heterocycles. The largest absolute Gasteiger partial charge is 0.445 e. The van der Waals surface area contributed by atoms with Crippen LogP contribution in [0.4, 0.5) is 4.79 Å². The number of amides is 1. The molecule has 0 aliphatic carbocycles. The Morgan fingerprint density at radius 2 is 2.22 bits per heavy atom. The smallest absolute Gasteiger partial charge is 0.410 e. The Balaban J connectivity index is 2.20. The molecule has 7 heteroatoms. The van der Waals surface area contributed by atoms with Gasteiger partial charge in [0.1, 0.15) is 12.7 Å². The van der Waals surface area contributed by atoms with Gasteiger partial charge in [0, 0.05) is 24.5 Å². The van der Waals surface area contributed by atoms with Gasteiger partial charge in [0.25, 0.3) is 0 Å². The lowest BCUT2D eigenvalue weighted by Gasteiger charge is -2.38. The molecule has 2 heterocycles. The summed E-state index contributed by atoms with van der Waals surface area (Å²) in [6.07, 6.45) is 3.95. The van der Waals surface area contributed by atoms with Crippen molar-refractivity contribution in [3.63, 3.8) is 0 Å². The van der Waals surface area contributed by atoms with Crippen molar-refractivity contribution in [1.82, 2.24) is 9.88 Å². The second-order valence-electron chi connectivity index (χ2n) is 8.55. The quantitative estimate of drug-likeness (QED) is 0.587. The first-order valence-corrected chi connectivity index (χ1v) is 12.3. The van der Waals surface area contributed by atoms with E-state index >= 15 is 0 Å². The van der Waals surface area contributed by atoms with E-state index < -0.39 is 26.6 Å². The molecule has 1 aliphatic heterocycles. The summed E-state index contributed by atoms with van der Waals surface area (Å²) < 4.78 is 11.7. The molecule has 1 aromatic rings. The molecular formula is C20H32N2O4Si. The van der Waals surface area contributed by atoms with E-state index in [-0.39, 0.29) is 17.7 Å². The lowest BCUT2D eigenvalue weighted by Crippen LogP contribution is -2.45. The van der Waals surface area contributed by atoms with Crippen LogP contribution in [0.2, 0.25) is 18.1 Å². The van der Waals surface area contributed by atoms with Gasteiger partial charge in [0.2, 0.25) is 0 Å². The summed E-state index contributed by atoms with van der Waals surface area (Å²) in [6, 6.07) is 3.17. The Kier molecular flexibility index (Phi) is 6.83. The van der Waals surface area contributed by atoms with Gasteiger partial charge in [0.15, 0.2) is 8.32 Å². The maximum Gasteiger partial charge on any atom is 0.410 e. The normalized spacial score (nSPS) is 21.8. The van der Waals surface area contributed by atoms with Gasteiger partial charge in [-0.15, -0.1) is 0 Å². The van der Waals surface area contributed by atoms with Crippen LogP contribution < -0.4 is 0 Å². The average Bonchev–Trinajstić information content (AvgIpc) is 3.02. The third-order valence-corrected chi connectivity index (χ3v) is 10.1. The number of likely N-dealkylation sites (tertiary alicyclic amines) is 1. The number of aliphatic hydroxyl groups is 1. The molecule has 1 fully saturated rings. The highest BCUT2D eigenvalue weighted by atomic mass is 28.4. The van der Waals surface area contributed by atoms with Crippen LogP contribution in [0.5, 0.6) is 0 Å². The molecule has 1 aliphatic rings. The number of rotatable bonds is 6. The SMILES string of the molecule is C=CCOC(=O)N1C[C@H](O[Si](C)(C)C(C)(C)C)C[C@H]1C(O)c1cccnc1. The summed E-state index contributed by atoms with van der Waals surface area (Å²) in [5, 5.41) is 11.0. The zero-order chi connectivity index (χ0) is 20.2. The number of carbonyl (C=O) groups excluding carboxylic acids is 1. The monoisotopic (exact) mass is 392 g/mol. The first kappa shape index (κ1) is 21.6. The van der Waals surface area contributed by atoms with Crippen molar-refractivity contribution in [3.05, 3.63) is 42.7 Å². The number of nitrogens with zero attached hydrogens (tertiary/aromatic N) is 2. The fourth-order valence-electron chi connectivity index (χ4n) is 3.00. The summed E-state index contributed by atoms with van der Waals surface area (Å²) in [4.78, 5) is 18.2. The van der Waals surface area contributed by atoms with Crippen molar-refractivity contribution in [2.75, 3.05) is 13.2 Å². The van der Waals surface area contributed by atoms with Crippen LogP contribution >= 0.6 is 0 Å². The molecule has 0 aromatic carbocycles. The second kappa shape index (κ2) is 8.54. The molecule has 0 saturated carbocycles. The molecule has 1 N–H and O–H groups in total. The van der Waals surface area contributed by atoms with Gasteiger partial charge in [-0.25, -0.2) is 4.79 Å². The standard InChI is InChI=1S/C20H32N2O4Si/c1-7-11-25-19(24)22-14-16(26-27(5,6)20(2,3)4)12-17(22)18(23)15-9-8-10-21-13-15/h7-10,13,16-18,23H,1,11-12,14H2,2-6H3/t16-,17+,18?/m1/s1. The topological polar surface area (TPSA) is 71.9 Å². The third kappa shape index (κ3) is 5.18. The van der Waals surface area contributed by atoms with Gasteiger partial charge in [-0.3, -0.25) is 9.88 Å². The number of aliphatic hydroxyl groups excluding tert-OH is 1. The van der Waals surface area contributed by atoms with Crippen LogP contribution in [-0.2, 0) is 9.16 Å². The van der Waals surface area contributed by atoms with Crippen molar-refractivity contribution < 1.29 is 19.1 Å². The van der Waals surface area contributed by atoms with Gasteiger partial charge in [-0.2, -0.15) is 0 Å². The van der Waals surface area contributed by atoms with Crippen LogP contribution in [0.15, 0.2) is 37.2 Å². The lowest BCUT2D eigenvalue weighted by atomic mass is 10.0. The first-order chi connectivity index (χ1) is 12.6. The van der Waals surface area contributed by atoms with Gasteiger partial charge in [-0.05, 0) is 30.6 Å². The molecule has 1 saturated heterocycles. The van der Waals surface area contributed by atoms with Gasteiger partial charge < -0.3 is 14.3 Å². The van der Waals surface area contributed by atoms with E-state index in [1.807, 2.05) is 6.07 Å². The number of ether oxygens (including phenoxy) is 1. The lowest BCUT2D eigenvalue weighted by molar-refractivity contribution is 0.0549. The molecule has 0 spiro atoms. The highest BCUT2D eigenvalue weighted by molar-refractivity contribution is 6.74. The number of pyridine rings is 1. The predicted octanol–water partition coefficient (Wildman–Crippen LogP) is 3.90. The molecule has 6 nitrogen and oxygen atoms in total. The van der Waals surface area contributed by atoms with Crippen molar-refractivity contribution >= 4 is 14.4 Å². The Morgan fingerprint density at radius 3 is 2.78 bits per heavy atom. The van der Waals surface area contributed by atoms with Crippen molar-refractivity contribution in [1.29, 1.82) is 0 Å². The van der Waals surface area contributed by atoms with E-state index in [0.29, 0.717) is 18.5 Å². The van der Waals surface area contributed by atoms with E-state index in [1.165, 1.54) is 6.08 Å². The predicted molar refractivity (Wildman–Crippen MR) is 108 cm³/mol. The van der Waals surface area contributed by atoms with Gasteiger partial charge in [0.05, 0.1) is 12.1 Å². The van der Waals surface area contributed by atoms with Crippen molar-refractivity contribution in [2.45, 2.75) is 63.6 Å². The van der Waals surface area contributed by atoms with Gasteiger partial charge in [-0.1, -0.05) is 39.5 Å². The van der Waals surface area contributed by atoms with E-state index in [2.05, 4.69) is 45.4 Å². The van der Waals surface area contributed by atoms with Crippen LogP contribution in [0, 0.1) is 0 Å². The Labute approximate surface area is 163 Å². The zero-order valence-electron chi connectivity index (χ0n) is 17.0. The van der Waals surface area contributed by atoms with Crippen LogP contribution in [-0.4, -0.2) is 54.7 Å². The van der Waals surface area contributed by atoms with Crippen LogP contribution in [0.1, 0.15) is 38.9 Å². The maximum atomic E-state index is 12.5. The first-order valence-electron chi connectivity index (χ1n) is 9.37. The molecule has 1 unspecified atom stereocenters. The minimum atomic E-state index is -1.99. The minimum absolute atomic E-state index is 0.0707. The number of carbonyl (C=O) groups is 1. The maximum absolute atomic E-state index is 12.5. The fraction of sp³-hybridized carbons (Fsp3) is 0.600. The number of hydrogen-bond donors (Lipinski definition) is 1. The summed E-state index contributed by atoms with van der Waals surface area (Å²) in [6.45, 7) is 15.1. The van der Waals surface area contributed by atoms with E-state index in [1.54, 1.807) is 23.4 Å². The molecule has 27 heavy (non-hydrogen) atoms.